The van der Waals surface area contributed by atoms with E-state index in [0.717, 1.165) is 12.8 Å². The zero-order valence-electron chi connectivity index (χ0n) is 14.5. The van der Waals surface area contributed by atoms with Gasteiger partial charge in [-0.25, -0.2) is 9.59 Å². The van der Waals surface area contributed by atoms with Crippen molar-refractivity contribution in [1.82, 2.24) is 5.32 Å². The molecule has 0 radical (unpaired) electrons. The molecule has 0 aliphatic heterocycles. The molecular weight excluding hydrogens is 308 g/mol. The molecule has 3 N–H and O–H groups in total. The number of carbonyl (C=O) groups is 2. The van der Waals surface area contributed by atoms with Gasteiger partial charge in [-0.1, -0.05) is 0 Å². The molecule has 0 aromatic heterocycles. The summed E-state index contributed by atoms with van der Waals surface area (Å²) < 4.78 is 10.5. The van der Waals surface area contributed by atoms with Gasteiger partial charge < -0.3 is 20.5 Å². The van der Waals surface area contributed by atoms with Crippen LogP contribution in [0.5, 0.6) is 0 Å². The Morgan fingerprint density at radius 1 is 1.00 bits per heavy atom. The summed E-state index contributed by atoms with van der Waals surface area (Å²) >= 11 is 0. The monoisotopic (exact) mass is 338 g/mol. The van der Waals surface area contributed by atoms with Crippen LogP contribution in [0.25, 0.3) is 0 Å². The molecule has 0 aromatic carbocycles. The minimum atomic E-state index is -0.717. The van der Waals surface area contributed by atoms with E-state index in [2.05, 4.69) is 5.32 Å². The zero-order chi connectivity index (χ0) is 16.7. The third-order valence-electron chi connectivity index (χ3n) is 2.33. The summed E-state index contributed by atoms with van der Waals surface area (Å²) in [5.41, 5.74) is 4.24. The number of rotatable bonds is 6. The van der Waals surface area contributed by atoms with Gasteiger partial charge in [-0.15, -0.1) is 12.4 Å². The highest BCUT2D eigenvalue weighted by Gasteiger charge is 2.28. The predicted molar refractivity (Wildman–Crippen MR) is 89.2 cm³/mol. The minimum Gasteiger partial charge on any atom is -0.458 e. The number of nitrogens with one attached hydrogen (secondary N) is 1. The minimum absolute atomic E-state index is 0. The molecular formula is C15H31ClN2O4. The number of hydrogen-bond donors (Lipinski definition) is 2. The lowest BCUT2D eigenvalue weighted by Crippen LogP contribution is -2.46. The Labute approximate surface area is 139 Å². The predicted octanol–water partition coefficient (Wildman–Crippen LogP) is 2.77. The van der Waals surface area contributed by atoms with E-state index < -0.39 is 29.3 Å². The highest BCUT2D eigenvalue weighted by molar-refractivity contribution is 5.85. The maximum Gasteiger partial charge on any atom is 0.408 e. The fourth-order valence-corrected chi connectivity index (χ4v) is 1.56. The Morgan fingerprint density at radius 2 is 1.50 bits per heavy atom. The maximum absolute atomic E-state index is 12.1. The smallest absolute Gasteiger partial charge is 0.408 e. The lowest BCUT2D eigenvalue weighted by molar-refractivity contribution is -0.157. The van der Waals surface area contributed by atoms with Crippen molar-refractivity contribution in [2.75, 3.05) is 6.54 Å². The number of amides is 1. The second-order valence-corrected chi connectivity index (χ2v) is 7.02. The van der Waals surface area contributed by atoms with E-state index in [1.165, 1.54) is 0 Å². The lowest BCUT2D eigenvalue weighted by atomic mass is 10.1. The van der Waals surface area contributed by atoms with Crippen molar-refractivity contribution < 1.29 is 19.1 Å². The molecule has 0 bridgehead atoms. The van der Waals surface area contributed by atoms with Crippen molar-refractivity contribution in [3.8, 4) is 0 Å². The zero-order valence-corrected chi connectivity index (χ0v) is 15.3. The Balaban J connectivity index is 0. The van der Waals surface area contributed by atoms with Gasteiger partial charge >= 0.3 is 12.1 Å². The van der Waals surface area contributed by atoms with Crippen LogP contribution in [0.2, 0.25) is 0 Å². The Bertz CT molecular complexity index is 348. The molecule has 0 rings (SSSR count). The van der Waals surface area contributed by atoms with Crippen LogP contribution in [0.4, 0.5) is 4.79 Å². The molecule has 132 valence electrons. The van der Waals surface area contributed by atoms with Crippen molar-refractivity contribution in [3.63, 3.8) is 0 Å². The van der Waals surface area contributed by atoms with Crippen molar-refractivity contribution in [2.24, 2.45) is 5.73 Å². The summed E-state index contributed by atoms with van der Waals surface area (Å²) in [4.78, 5) is 23.9. The third kappa shape index (κ3) is 12.7. The largest absolute Gasteiger partial charge is 0.458 e. The van der Waals surface area contributed by atoms with E-state index in [9.17, 15) is 9.59 Å². The third-order valence-corrected chi connectivity index (χ3v) is 2.33. The first-order valence-electron chi connectivity index (χ1n) is 7.37. The number of carbonyl (C=O) groups excluding carboxylic acids is 2. The van der Waals surface area contributed by atoms with Crippen LogP contribution < -0.4 is 11.1 Å². The second-order valence-electron chi connectivity index (χ2n) is 7.02. The number of alkyl carbamates (subject to hydrolysis) is 1. The Kier molecular flexibility index (Phi) is 10.5. The summed E-state index contributed by atoms with van der Waals surface area (Å²) in [5.74, 6) is -0.453. The molecule has 0 heterocycles. The highest BCUT2D eigenvalue weighted by atomic mass is 35.5. The second kappa shape index (κ2) is 9.90. The van der Waals surface area contributed by atoms with Gasteiger partial charge in [0.2, 0.25) is 0 Å². The van der Waals surface area contributed by atoms with Crippen LogP contribution in [-0.2, 0) is 14.3 Å². The van der Waals surface area contributed by atoms with Crippen LogP contribution in [0.15, 0.2) is 0 Å². The quantitative estimate of drug-likeness (QED) is 0.574. The summed E-state index contributed by atoms with van der Waals surface area (Å²) in [6.07, 6.45) is 1.38. The summed E-state index contributed by atoms with van der Waals surface area (Å²) in [7, 11) is 0. The molecule has 1 amide bonds. The van der Waals surface area contributed by atoms with Gasteiger partial charge in [0, 0.05) is 0 Å². The molecule has 1 atom stereocenters. The maximum atomic E-state index is 12.1. The topological polar surface area (TPSA) is 90.6 Å². The molecule has 0 spiro atoms. The van der Waals surface area contributed by atoms with Crippen LogP contribution in [0, 0.1) is 0 Å². The lowest BCUT2D eigenvalue weighted by Gasteiger charge is -2.26. The number of unbranched alkanes of at least 4 members (excludes halogenated alkanes) is 1. The van der Waals surface area contributed by atoms with Gasteiger partial charge in [0.25, 0.3) is 0 Å². The molecule has 0 fully saturated rings. The molecule has 7 heteroatoms. The van der Waals surface area contributed by atoms with Crippen molar-refractivity contribution >= 4 is 24.5 Å². The number of hydrogen-bond acceptors (Lipinski definition) is 5. The Hall–Kier alpha value is -1.01. The first-order valence-corrected chi connectivity index (χ1v) is 7.37. The van der Waals surface area contributed by atoms with Gasteiger partial charge in [-0.2, -0.15) is 0 Å². The normalized spacial score (nSPS) is 12.9. The molecule has 0 aromatic rings. The number of nitrogens with two attached hydrogens (primary N) is 1. The Morgan fingerprint density at radius 3 is 1.91 bits per heavy atom. The van der Waals surface area contributed by atoms with Crippen LogP contribution in [0.3, 0.4) is 0 Å². The summed E-state index contributed by atoms with van der Waals surface area (Å²) in [6.45, 7) is 11.2. The number of halogens is 1. The first-order chi connectivity index (χ1) is 9.44. The molecule has 1 unspecified atom stereocenters. The van der Waals surface area contributed by atoms with Gasteiger partial charge in [-0.05, 0) is 67.3 Å². The summed E-state index contributed by atoms with van der Waals surface area (Å²) in [6, 6.07) is -0.717. The van der Waals surface area contributed by atoms with Gasteiger partial charge in [-0.3, -0.25) is 0 Å². The van der Waals surface area contributed by atoms with E-state index >= 15 is 0 Å². The van der Waals surface area contributed by atoms with Gasteiger partial charge in [0.15, 0.2) is 0 Å². The average Bonchev–Trinajstić information content (AvgIpc) is 2.22. The van der Waals surface area contributed by atoms with Crippen LogP contribution >= 0.6 is 12.4 Å². The standard InChI is InChI=1S/C15H30N2O4.ClH/c1-14(2,3)20-12(18)11(9-7-8-10-16)17-13(19)21-15(4,5)6;/h11H,7-10,16H2,1-6H3,(H,17,19);1H. The molecule has 0 aliphatic carbocycles. The SMILES string of the molecule is CC(C)(C)OC(=O)NC(CCCCN)C(=O)OC(C)(C)C.Cl. The van der Waals surface area contributed by atoms with Crippen molar-refractivity contribution in [3.05, 3.63) is 0 Å². The fraction of sp³-hybridized carbons (Fsp3) is 0.867. The fourth-order valence-electron chi connectivity index (χ4n) is 1.56. The van der Waals surface area contributed by atoms with Gasteiger partial charge in [0.05, 0.1) is 0 Å². The van der Waals surface area contributed by atoms with E-state index in [-0.39, 0.29) is 12.4 Å². The molecule has 22 heavy (non-hydrogen) atoms. The van der Waals surface area contributed by atoms with E-state index in [4.69, 9.17) is 15.2 Å². The molecule has 0 aliphatic rings. The van der Waals surface area contributed by atoms with E-state index in [0.29, 0.717) is 13.0 Å². The van der Waals surface area contributed by atoms with Gasteiger partial charge in [0.1, 0.15) is 17.2 Å². The van der Waals surface area contributed by atoms with Crippen LogP contribution in [-0.4, -0.2) is 35.9 Å². The molecule has 0 saturated carbocycles. The van der Waals surface area contributed by atoms with Crippen molar-refractivity contribution in [2.45, 2.75) is 78.0 Å². The molecule has 0 saturated heterocycles. The van der Waals surface area contributed by atoms with Crippen LogP contribution in [0.1, 0.15) is 60.8 Å². The summed E-state index contributed by atoms with van der Waals surface area (Å²) in [5, 5.41) is 2.58. The number of esters is 1. The average molecular weight is 339 g/mol. The van der Waals surface area contributed by atoms with E-state index in [1.54, 1.807) is 41.5 Å². The molecule has 6 nitrogen and oxygen atoms in total. The first kappa shape index (κ1) is 23.3. The van der Waals surface area contributed by atoms with Crippen molar-refractivity contribution in [1.29, 1.82) is 0 Å². The highest BCUT2D eigenvalue weighted by Crippen LogP contribution is 2.13. The van der Waals surface area contributed by atoms with E-state index in [1.807, 2.05) is 0 Å². The number of ether oxygens (including phenoxy) is 2.